The van der Waals surface area contributed by atoms with Crippen molar-refractivity contribution in [2.45, 2.75) is 39.3 Å². The minimum absolute atomic E-state index is 0.00625. The number of hydrogen-bond acceptors (Lipinski definition) is 2. The zero-order valence-electron chi connectivity index (χ0n) is 10.2. The molecule has 1 N–H and O–H groups in total. The maximum Gasteiger partial charge on any atom is 0.245 e. The van der Waals surface area contributed by atoms with Crippen molar-refractivity contribution in [1.82, 2.24) is 10.2 Å². The van der Waals surface area contributed by atoms with E-state index in [-0.39, 0.29) is 23.8 Å². The van der Waals surface area contributed by atoms with E-state index in [2.05, 4.69) is 11.9 Å². The van der Waals surface area contributed by atoms with Crippen LogP contribution in [-0.4, -0.2) is 35.3 Å². The predicted octanol–water partition coefficient (Wildman–Crippen LogP) is 0.934. The number of hydrogen-bond donors (Lipinski definition) is 1. The zero-order chi connectivity index (χ0) is 12.3. The molecular weight excluding hydrogens is 204 g/mol. The molecule has 1 heterocycles. The Kier molecular flexibility index (Phi) is 4.10. The quantitative estimate of drug-likeness (QED) is 0.725. The second kappa shape index (κ2) is 5.14. The van der Waals surface area contributed by atoms with Crippen molar-refractivity contribution in [2.24, 2.45) is 5.92 Å². The summed E-state index contributed by atoms with van der Waals surface area (Å²) in [6.07, 6.45) is 2.10. The Bertz CT molecular complexity index is 299. The van der Waals surface area contributed by atoms with Crippen molar-refractivity contribution in [1.29, 1.82) is 0 Å². The van der Waals surface area contributed by atoms with Crippen LogP contribution in [0.4, 0.5) is 0 Å². The molecule has 1 rings (SSSR count). The van der Waals surface area contributed by atoms with Gasteiger partial charge < -0.3 is 10.2 Å². The normalized spacial score (nSPS) is 24.0. The highest BCUT2D eigenvalue weighted by Gasteiger charge is 2.33. The van der Waals surface area contributed by atoms with Gasteiger partial charge in [0.05, 0.1) is 0 Å². The Balaban J connectivity index is 2.91. The Labute approximate surface area is 96.7 Å². The van der Waals surface area contributed by atoms with E-state index >= 15 is 0 Å². The molecule has 4 nitrogen and oxygen atoms in total. The van der Waals surface area contributed by atoms with Crippen molar-refractivity contribution in [2.75, 3.05) is 6.54 Å². The van der Waals surface area contributed by atoms with Gasteiger partial charge in [0.15, 0.2) is 0 Å². The highest BCUT2D eigenvalue weighted by molar-refractivity contribution is 5.90. The monoisotopic (exact) mass is 224 g/mol. The topological polar surface area (TPSA) is 49.4 Å². The molecule has 0 aliphatic carbocycles. The molecule has 0 bridgehead atoms. The van der Waals surface area contributed by atoms with Gasteiger partial charge in [-0.2, -0.15) is 0 Å². The molecule has 1 saturated heterocycles. The Morgan fingerprint density at radius 2 is 2.06 bits per heavy atom. The van der Waals surface area contributed by atoms with E-state index in [0.29, 0.717) is 13.0 Å². The zero-order valence-corrected chi connectivity index (χ0v) is 10.2. The number of nitrogens with one attached hydrogen (secondary N) is 1. The van der Waals surface area contributed by atoms with Crippen molar-refractivity contribution in [3.63, 3.8) is 0 Å². The van der Waals surface area contributed by atoms with Crippen molar-refractivity contribution in [3.05, 3.63) is 12.7 Å². The van der Waals surface area contributed by atoms with E-state index in [0.717, 1.165) is 0 Å². The first-order valence-electron chi connectivity index (χ1n) is 5.69. The lowest BCUT2D eigenvalue weighted by molar-refractivity contribution is -0.135. The summed E-state index contributed by atoms with van der Waals surface area (Å²) in [5.41, 5.74) is 0. The molecule has 1 aliphatic rings. The number of carbonyl (C=O) groups excluding carboxylic acids is 2. The summed E-state index contributed by atoms with van der Waals surface area (Å²) in [6, 6.07) is -0.432. The van der Waals surface area contributed by atoms with Crippen LogP contribution >= 0.6 is 0 Å². The molecule has 0 spiro atoms. The number of amides is 2. The van der Waals surface area contributed by atoms with E-state index < -0.39 is 6.04 Å². The SMILES string of the molecule is C=CC(C)N1CCC(=O)NC(C(C)C)C1=O. The summed E-state index contributed by atoms with van der Waals surface area (Å²) in [7, 11) is 0. The fourth-order valence-electron chi connectivity index (χ4n) is 1.80. The maximum absolute atomic E-state index is 12.2. The number of rotatable bonds is 3. The first-order valence-corrected chi connectivity index (χ1v) is 5.69. The lowest BCUT2D eigenvalue weighted by atomic mass is 10.0. The molecule has 1 fully saturated rings. The van der Waals surface area contributed by atoms with Crippen LogP contribution in [-0.2, 0) is 9.59 Å². The number of nitrogens with zero attached hydrogens (tertiary/aromatic N) is 1. The van der Waals surface area contributed by atoms with E-state index in [1.54, 1.807) is 11.0 Å². The maximum atomic E-state index is 12.2. The van der Waals surface area contributed by atoms with Gasteiger partial charge in [-0.15, -0.1) is 6.58 Å². The molecule has 2 unspecified atom stereocenters. The minimum atomic E-state index is -0.405. The van der Waals surface area contributed by atoms with Crippen LogP contribution in [0, 0.1) is 5.92 Å². The second-order valence-electron chi connectivity index (χ2n) is 4.55. The van der Waals surface area contributed by atoms with Crippen LogP contribution in [0.15, 0.2) is 12.7 Å². The summed E-state index contributed by atoms with van der Waals surface area (Å²) in [4.78, 5) is 25.4. The fourth-order valence-corrected chi connectivity index (χ4v) is 1.80. The summed E-state index contributed by atoms with van der Waals surface area (Å²) < 4.78 is 0. The van der Waals surface area contributed by atoms with Crippen LogP contribution < -0.4 is 5.32 Å². The van der Waals surface area contributed by atoms with Gasteiger partial charge in [-0.05, 0) is 12.8 Å². The highest BCUT2D eigenvalue weighted by Crippen LogP contribution is 2.13. The van der Waals surface area contributed by atoms with Gasteiger partial charge in [0.1, 0.15) is 6.04 Å². The van der Waals surface area contributed by atoms with Gasteiger partial charge in [0.2, 0.25) is 11.8 Å². The molecule has 1 aliphatic heterocycles. The van der Waals surface area contributed by atoms with Crippen LogP contribution in [0.2, 0.25) is 0 Å². The lowest BCUT2D eigenvalue weighted by Gasteiger charge is -2.29. The van der Waals surface area contributed by atoms with Crippen LogP contribution in [0.5, 0.6) is 0 Å². The molecule has 2 amide bonds. The summed E-state index contributed by atoms with van der Waals surface area (Å²) >= 11 is 0. The first kappa shape index (κ1) is 12.7. The molecule has 16 heavy (non-hydrogen) atoms. The average Bonchev–Trinajstić information content (AvgIpc) is 2.38. The van der Waals surface area contributed by atoms with E-state index in [1.165, 1.54) is 0 Å². The highest BCUT2D eigenvalue weighted by atomic mass is 16.2. The lowest BCUT2D eigenvalue weighted by Crippen LogP contribution is -2.49. The second-order valence-corrected chi connectivity index (χ2v) is 4.55. The summed E-state index contributed by atoms with van der Waals surface area (Å²) in [6.45, 7) is 9.95. The third-order valence-corrected chi connectivity index (χ3v) is 2.94. The van der Waals surface area contributed by atoms with Crippen molar-refractivity contribution < 1.29 is 9.59 Å². The van der Waals surface area contributed by atoms with Gasteiger partial charge >= 0.3 is 0 Å². The Hall–Kier alpha value is -1.32. The third kappa shape index (κ3) is 2.62. The van der Waals surface area contributed by atoms with Gasteiger partial charge in [-0.3, -0.25) is 9.59 Å². The van der Waals surface area contributed by atoms with Crippen LogP contribution in [0.3, 0.4) is 0 Å². The molecule has 2 atom stereocenters. The van der Waals surface area contributed by atoms with E-state index in [1.807, 2.05) is 20.8 Å². The first-order chi connectivity index (χ1) is 7.47. The summed E-state index contributed by atoms with van der Waals surface area (Å²) in [5.74, 6) is 0.0492. The van der Waals surface area contributed by atoms with Gasteiger partial charge in [0, 0.05) is 19.0 Å². The molecule has 0 aromatic rings. The average molecular weight is 224 g/mol. The van der Waals surface area contributed by atoms with Crippen molar-refractivity contribution >= 4 is 11.8 Å². The van der Waals surface area contributed by atoms with Gasteiger partial charge in [0.25, 0.3) is 0 Å². The van der Waals surface area contributed by atoms with Crippen LogP contribution in [0.25, 0.3) is 0 Å². The van der Waals surface area contributed by atoms with E-state index in [9.17, 15) is 9.59 Å². The number of carbonyl (C=O) groups is 2. The Morgan fingerprint density at radius 1 is 1.44 bits per heavy atom. The van der Waals surface area contributed by atoms with Crippen LogP contribution in [0.1, 0.15) is 27.2 Å². The predicted molar refractivity (Wildman–Crippen MR) is 62.8 cm³/mol. The third-order valence-electron chi connectivity index (χ3n) is 2.94. The molecule has 0 radical (unpaired) electrons. The molecule has 0 aromatic carbocycles. The Morgan fingerprint density at radius 3 is 2.56 bits per heavy atom. The molecule has 4 heteroatoms. The molecule has 90 valence electrons. The summed E-state index contributed by atoms with van der Waals surface area (Å²) in [5, 5.41) is 2.77. The fraction of sp³-hybridized carbons (Fsp3) is 0.667. The standard InChI is InChI=1S/C12H20N2O2/c1-5-9(4)14-7-6-10(15)13-11(8(2)3)12(14)16/h5,8-9,11H,1,6-7H2,2-4H3,(H,13,15). The van der Waals surface area contributed by atoms with Gasteiger partial charge in [-0.25, -0.2) is 0 Å². The molecule has 0 saturated carbocycles. The minimum Gasteiger partial charge on any atom is -0.344 e. The van der Waals surface area contributed by atoms with E-state index in [4.69, 9.17) is 0 Å². The van der Waals surface area contributed by atoms with Gasteiger partial charge in [-0.1, -0.05) is 19.9 Å². The molecular formula is C12H20N2O2. The molecule has 0 aromatic heterocycles. The largest absolute Gasteiger partial charge is 0.344 e. The smallest absolute Gasteiger partial charge is 0.245 e. The van der Waals surface area contributed by atoms with Crippen molar-refractivity contribution in [3.8, 4) is 0 Å².